The number of nitrogens with one attached hydrogen (secondary N) is 1. The molecule has 0 bridgehead atoms. The Kier molecular flexibility index (Phi) is 8.01. The van der Waals surface area contributed by atoms with E-state index in [0.29, 0.717) is 28.1 Å². The number of ether oxygens (including phenoxy) is 1. The van der Waals surface area contributed by atoms with Crippen molar-refractivity contribution in [1.82, 2.24) is 5.32 Å². The third kappa shape index (κ3) is 5.94. The molecule has 0 saturated carbocycles. The summed E-state index contributed by atoms with van der Waals surface area (Å²) in [5.74, 6) is 0.125. The fourth-order valence-electron chi connectivity index (χ4n) is 2.95. The summed E-state index contributed by atoms with van der Waals surface area (Å²) in [6.07, 6.45) is 0. The summed E-state index contributed by atoms with van der Waals surface area (Å²) in [6.45, 7) is 2.10. The number of nitrogens with zero attached hydrogens (tertiary/aromatic N) is 1. The van der Waals surface area contributed by atoms with E-state index in [1.54, 1.807) is 42.5 Å². The number of carbonyl (C=O) groups excluding carboxylic acids is 1. The van der Waals surface area contributed by atoms with E-state index in [9.17, 15) is 13.2 Å². The van der Waals surface area contributed by atoms with Crippen molar-refractivity contribution in [3.05, 3.63) is 88.4 Å². The van der Waals surface area contributed by atoms with E-state index < -0.39 is 22.5 Å². The Morgan fingerprint density at radius 1 is 0.969 bits per heavy atom. The number of hydrogen-bond donors (Lipinski definition) is 1. The highest BCUT2D eigenvalue weighted by atomic mass is 35.5. The van der Waals surface area contributed by atoms with Gasteiger partial charge >= 0.3 is 0 Å². The summed E-state index contributed by atoms with van der Waals surface area (Å²) >= 11 is 12.0. The minimum Gasteiger partial charge on any atom is -0.494 e. The highest BCUT2D eigenvalue weighted by Gasteiger charge is 2.27. The summed E-state index contributed by atoms with van der Waals surface area (Å²) in [7, 11) is -4.04. The lowest BCUT2D eigenvalue weighted by Gasteiger charge is -2.24. The number of hydrogen-bond acceptors (Lipinski definition) is 4. The third-order valence-electron chi connectivity index (χ3n) is 4.56. The first-order chi connectivity index (χ1) is 15.3. The Balaban J connectivity index is 1.86. The van der Waals surface area contributed by atoms with Crippen molar-refractivity contribution >= 4 is 44.8 Å². The first-order valence-corrected chi connectivity index (χ1v) is 12.0. The molecule has 0 fully saturated rings. The van der Waals surface area contributed by atoms with Crippen molar-refractivity contribution in [3.63, 3.8) is 0 Å². The van der Waals surface area contributed by atoms with Gasteiger partial charge in [0.1, 0.15) is 12.3 Å². The van der Waals surface area contributed by atoms with Crippen LogP contribution in [0.5, 0.6) is 5.75 Å². The van der Waals surface area contributed by atoms with Crippen LogP contribution in [-0.2, 0) is 21.4 Å². The molecule has 168 valence electrons. The van der Waals surface area contributed by atoms with Gasteiger partial charge in [0.15, 0.2) is 0 Å². The summed E-state index contributed by atoms with van der Waals surface area (Å²) in [5.41, 5.74) is 1.06. The van der Waals surface area contributed by atoms with E-state index in [1.807, 2.05) is 13.0 Å². The molecule has 3 aromatic rings. The molecule has 0 heterocycles. The maximum Gasteiger partial charge on any atom is 0.264 e. The van der Waals surface area contributed by atoms with Crippen molar-refractivity contribution in [1.29, 1.82) is 0 Å². The normalized spacial score (nSPS) is 11.1. The Morgan fingerprint density at radius 2 is 1.62 bits per heavy atom. The number of rotatable bonds is 9. The maximum atomic E-state index is 13.4. The number of anilines is 1. The zero-order valence-corrected chi connectivity index (χ0v) is 19.6. The largest absolute Gasteiger partial charge is 0.494 e. The molecule has 0 aliphatic carbocycles. The van der Waals surface area contributed by atoms with E-state index in [0.717, 1.165) is 9.87 Å². The Bertz CT molecular complexity index is 1170. The molecule has 0 aliphatic heterocycles. The van der Waals surface area contributed by atoms with Gasteiger partial charge in [-0.2, -0.15) is 0 Å². The second-order valence-corrected chi connectivity index (χ2v) is 9.47. The molecule has 0 saturated heterocycles. The molecular formula is C23H22Cl2N2O4S. The van der Waals surface area contributed by atoms with E-state index in [4.69, 9.17) is 27.9 Å². The summed E-state index contributed by atoms with van der Waals surface area (Å²) in [5, 5.41) is 3.66. The molecule has 3 aromatic carbocycles. The van der Waals surface area contributed by atoms with E-state index in [1.165, 1.54) is 24.3 Å². The molecule has 0 unspecified atom stereocenters. The summed E-state index contributed by atoms with van der Waals surface area (Å²) in [4.78, 5) is 12.7. The van der Waals surface area contributed by atoms with E-state index in [2.05, 4.69) is 5.32 Å². The van der Waals surface area contributed by atoms with Crippen molar-refractivity contribution in [2.24, 2.45) is 0 Å². The molecule has 32 heavy (non-hydrogen) atoms. The molecule has 1 N–H and O–H groups in total. The molecule has 3 rings (SSSR count). The van der Waals surface area contributed by atoms with Gasteiger partial charge in [0.2, 0.25) is 5.91 Å². The zero-order valence-electron chi connectivity index (χ0n) is 17.3. The predicted molar refractivity (Wildman–Crippen MR) is 127 cm³/mol. The molecule has 9 heteroatoms. The van der Waals surface area contributed by atoms with E-state index in [-0.39, 0.29) is 11.4 Å². The molecular weight excluding hydrogens is 471 g/mol. The van der Waals surface area contributed by atoms with Gasteiger partial charge in [0.25, 0.3) is 10.0 Å². The van der Waals surface area contributed by atoms with Crippen molar-refractivity contribution < 1.29 is 17.9 Å². The number of amides is 1. The Morgan fingerprint density at radius 3 is 2.25 bits per heavy atom. The lowest BCUT2D eigenvalue weighted by molar-refractivity contribution is -0.119. The molecule has 0 atom stereocenters. The lowest BCUT2D eigenvalue weighted by Crippen LogP contribution is -2.40. The lowest BCUT2D eigenvalue weighted by atomic mass is 10.2. The summed E-state index contributed by atoms with van der Waals surface area (Å²) in [6, 6.07) is 19.4. The van der Waals surface area contributed by atoms with Crippen LogP contribution in [0.2, 0.25) is 10.0 Å². The Labute approximate surface area is 197 Å². The molecule has 0 aromatic heterocycles. The Hall–Kier alpha value is -2.74. The molecule has 0 aliphatic rings. The minimum atomic E-state index is -4.04. The second kappa shape index (κ2) is 10.7. The van der Waals surface area contributed by atoms with Crippen LogP contribution in [0, 0.1) is 0 Å². The van der Waals surface area contributed by atoms with Crippen LogP contribution in [0.1, 0.15) is 12.5 Å². The van der Waals surface area contributed by atoms with Gasteiger partial charge in [-0.25, -0.2) is 8.42 Å². The van der Waals surface area contributed by atoms with Gasteiger partial charge in [0.05, 0.1) is 17.2 Å². The highest BCUT2D eigenvalue weighted by Crippen LogP contribution is 2.26. The van der Waals surface area contributed by atoms with Crippen LogP contribution in [0.4, 0.5) is 5.69 Å². The molecule has 1 amide bonds. The van der Waals surface area contributed by atoms with Gasteiger partial charge in [-0.1, -0.05) is 41.4 Å². The van der Waals surface area contributed by atoms with Crippen molar-refractivity contribution in [2.45, 2.75) is 18.4 Å². The van der Waals surface area contributed by atoms with Crippen LogP contribution >= 0.6 is 23.2 Å². The fourth-order valence-corrected chi connectivity index (χ4v) is 4.70. The number of sulfonamides is 1. The number of carbonyl (C=O) groups is 1. The monoisotopic (exact) mass is 492 g/mol. The zero-order chi connectivity index (χ0) is 23.1. The smallest absolute Gasteiger partial charge is 0.264 e. The van der Waals surface area contributed by atoms with Crippen LogP contribution < -0.4 is 14.4 Å². The highest BCUT2D eigenvalue weighted by molar-refractivity contribution is 7.92. The fraction of sp³-hybridized carbons (Fsp3) is 0.174. The van der Waals surface area contributed by atoms with Gasteiger partial charge in [-0.05, 0) is 67.1 Å². The van der Waals surface area contributed by atoms with Crippen molar-refractivity contribution in [3.8, 4) is 5.75 Å². The topological polar surface area (TPSA) is 75.7 Å². The maximum absolute atomic E-state index is 13.4. The van der Waals surface area contributed by atoms with Crippen molar-refractivity contribution in [2.75, 3.05) is 17.5 Å². The first kappa shape index (κ1) is 23.9. The van der Waals surface area contributed by atoms with E-state index >= 15 is 0 Å². The average Bonchev–Trinajstić information content (AvgIpc) is 2.78. The average molecular weight is 493 g/mol. The first-order valence-electron chi connectivity index (χ1n) is 9.82. The molecule has 0 spiro atoms. The quantitative estimate of drug-likeness (QED) is 0.460. The number of benzene rings is 3. The van der Waals surface area contributed by atoms with Crippen LogP contribution in [0.15, 0.2) is 77.7 Å². The van der Waals surface area contributed by atoms with Gasteiger partial charge in [-0.3, -0.25) is 9.10 Å². The van der Waals surface area contributed by atoms with Gasteiger partial charge in [0, 0.05) is 16.6 Å². The van der Waals surface area contributed by atoms with Crippen LogP contribution in [0.3, 0.4) is 0 Å². The minimum absolute atomic E-state index is 0.0229. The van der Waals surface area contributed by atoms with Crippen LogP contribution in [0.25, 0.3) is 0 Å². The van der Waals surface area contributed by atoms with Crippen LogP contribution in [-0.4, -0.2) is 27.5 Å². The SMILES string of the molecule is CCOc1ccc(N(CC(=O)NCc2ccccc2Cl)S(=O)(=O)c2ccc(Cl)cc2)cc1. The number of halogens is 2. The standard InChI is InChI=1S/C23H22Cl2N2O4S/c1-2-31-20-11-9-19(10-12-20)27(32(29,30)21-13-7-18(24)8-14-21)16-23(28)26-15-17-5-3-4-6-22(17)25/h3-14H,2,15-16H2,1H3,(H,26,28). The third-order valence-corrected chi connectivity index (χ3v) is 6.97. The molecule has 0 radical (unpaired) electrons. The predicted octanol–water partition coefficient (Wildman–Crippen LogP) is 4.90. The molecule has 6 nitrogen and oxygen atoms in total. The van der Waals surface area contributed by atoms with Gasteiger partial charge in [-0.15, -0.1) is 0 Å². The summed E-state index contributed by atoms with van der Waals surface area (Å²) < 4.78 is 33.2. The second-order valence-electron chi connectivity index (χ2n) is 6.76. The van der Waals surface area contributed by atoms with Gasteiger partial charge < -0.3 is 10.1 Å².